The zero-order chi connectivity index (χ0) is 5.98. The molecule has 0 aromatic carbocycles. The van der Waals surface area contributed by atoms with Crippen molar-refractivity contribution >= 4 is 0 Å². The van der Waals surface area contributed by atoms with Gasteiger partial charge in [0, 0.05) is 6.54 Å². The molecule has 0 saturated carbocycles. The Hall–Kier alpha value is -0.550. The predicted octanol–water partition coefficient (Wildman–Crippen LogP) is 0.604. The van der Waals surface area contributed by atoms with E-state index in [1.54, 1.807) is 0 Å². The summed E-state index contributed by atoms with van der Waals surface area (Å²) in [7, 11) is 0. The Morgan fingerprint density at radius 2 is 2.62 bits per heavy atom. The molecule has 0 aromatic rings. The fourth-order valence-electron chi connectivity index (χ4n) is 0.965. The fraction of sp³-hybridized carbons (Fsp3) is 0.833. The van der Waals surface area contributed by atoms with Crippen LogP contribution in [0.4, 0.5) is 0 Å². The molecule has 1 saturated heterocycles. The molecule has 1 heterocycles. The minimum Gasteiger partial charge on any atom is -0.288 e. The Labute approximate surface area is 49.7 Å². The van der Waals surface area contributed by atoms with Crippen molar-refractivity contribution in [1.29, 1.82) is 5.26 Å². The minimum atomic E-state index is 0.236. The summed E-state index contributed by atoms with van der Waals surface area (Å²) in [6, 6.07) is 2.46. The highest BCUT2D eigenvalue weighted by atomic mass is 15.2. The summed E-state index contributed by atoms with van der Waals surface area (Å²) < 4.78 is 0. The molecule has 2 nitrogen and oxygen atoms in total. The molecule has 44 valence electrons. The lowest BCUT2D eigenvalue weighted by Gasteiger charge is -2.34. The largest absolute Gasteiger partial charge is 0.288 e. The van der Waals surface area contributed by atoms with Crippen LogP contribution < -0.4 is 0 Å². The molecular weight excluding hydrogens is 100 g/mol. The van der Waals surface area contributed by atoms with E-state index in [4.69, 9.17) is 5.26 Å². The SMILES string of the molecule is CCN1CCC1C#N. The molecule has 1 fully saturated rings. The lowest BCUT2D eigenvalue weighted by molar-refractivity contribution is 0.140. The van der Waals surface area contributed by atoms with Gasteiger partial charge in [-0.3, -0.25) is 4.90 Å². The Morgan fingerprint density at radius 1 is 1.88 bits per heavy atom. The molecule has 0 radical (unpaired) electrons. The van der Waals surface area contributed by atoms with E-state index in [-0.39, 0.29) is 6.04 Å². The maximum atomic E-state index is 8.40. The van der Waals surface area contributed by atoms with Crippen molar-refractivity contribution in [3.05, 3.63) is 0 Å². The summed E-state index contributed by atoms with van der Waals surface area (Å²) in [6.07, 6.45) is 1.07. The molecule has 1 aliphatic rings. The second-order valence-electron chi connectivity index (χ2n) is 2.06. The lowest BCUT2D eigenvalue weighted by atomic mass is 10.1. The summed E-state index contributed by atoms with van der Waals surface area (Å²) in [6.45, 7) is 4.23. The Kier molecular flexibility index (Phi) is 1.50. The van der Waals surface area contributed by atoms with E-state index in [1.807, 2.05) is 0 Å². The number of hydrogen-bond acceptors (Lipinski definition) is 2. The topological polar surface area (TPSA) is 27.0 Å². The number of hydrogen-bond donors (Lipinski definition) is 0. The van der Waals surface area contributed by atoms with Crippen LogP contribution >= 0.6 is 0 Å². The van der Waals surface area contributed by atoms with Crippen LogP contribution in [0.3, 0.4) is 0 Å². The maximum absolute atomic E-state index is 8.40. The van der Waals surface area contributed by atoms with Crippen molar-refractivity contribution in [3.8, 4) is 6.07 Å². The highest BCUT2D eigenvalue weighted by Gasteiger charge is 2.24. The molecule has 2 heteroatoms. The van der Waals surface area contributed by atoms with Gasteiger partial charge in [-0.1, -0.05) is 6.92 Å². The molecule has 0 amide bonds. The average Bonchev–Trinajstić information content (AvgIpc) is 1.66. The maximum Gasteiger partial charge on any atom is 0.0990 e. The molecule has 1 aliphatic heterocycles. The van der Waals surface area contributed by atoms with Gasteiger partial charge in [0.2, 0.25) is 0 Å². The second kappa shape index (κ2) is 2.15. The van der Waals surface area contributed by atoms with Crippen molar-refractivity contribution in [1.82, 2.24) is 4.90 Å². The molecule has 0 aliphatic carbocycles. The van der Waals surface area contributed by atoms with Crippen LogP contribution in [0, 0.1) is 11.3 Å². The normalized spacial score (nSPS) is 28.8. The van der Waals surface area contributed by atoms with E-state index < -0.39 is 0 Å². The number of nitrogens with zero attached hydrogens (tertiary/aromatic N) is 2. The van der Waals surface area contributed by atoms with Gasteiger partial charge in [-0.15, -0.1) is 0 Å². The van der Waals surface area contributed by atoms with Crippen LogP contribution in [0.25, 0.3) is 0 Å². The number of likely N-dealkylation sites (tertiary alicyclic amines) is 1. The summed E-state index contributed by atoms with van der Waals surface area (Å²) in [5.74, 6) is 0. The second-order valence-corrected chi connectivity index (χ2v) is 2.06. The van der Waals surface area contributed by atoms with Gasteiger partial charge < -0.3 is 0 Å². The first-order valence-corrected chi connectivity index (χ1v) is 3.02. The highest BCUT2D eigenvalue weighted by molar-refractivity contribution is 4.98. The monoisotopic (exact) mass is 110 g/mol. The molecule has 8 heavy (non-hydrogen) atoms. The van der Waals surface area contributed by atoms with E-state index in [1.165, 1.54) is 0 Å². The van der Waals surface area contributed by atoms with Crippen molar-refractivity contribution < 1.29 is 0 Å². The van der Waals surface area contributed by atoms with E-state index in [0.717, 1.165) is 19.5 Å². The molecular formula is C6H10N2. The highest BCUT2D eigenvalue weighted by Crippen LogP contribution is 2.14. The standard InChI is InChI=1S/C6H10N2/c1-2-8-4-3-6(8)5-7/h6H,2-4H2,1H3. The molecule has 0 spiro atoms. The summed E-state index contributed by atoms with van der Waals surface area (Å²) in [4.78, 5) is 2.17. The third-order valence-electron chi connectivity index (χ3n) is 1.69. The van der Waals surface area contributed by atoms with E-state index >= 15 is 0 Å². The van der Waals surface area contributed by atoms with Gasteiger partial charge in [0.15, 0.2) is 0 Å². The average molecular weight is 110 g/mol. The van der Waals surface area contributed by atoms with E-state index in [9.17, 15) is 0 Å². The van der Waals surface area contributed by atoms with Crippen molar-refractivity contribution in [2.45, 2.75) is 19.4 Å². The van der Waals surface area contributed by atoms with E-state index in [2.05, 4.69) is 17.9 Å². The minimum absolute atomic E-state index is 0.236. The third-order valence-corrected chi connectivity index (χ3v) is 1.69. The van der Waals surface area contributed by atoms with Crippen LogP contribution in [0.1, 0.15) is 13.3 Å². The van der Waals surface area contributed by atoms with Crippen LogP contribution in [0.5, 0.6) is 0 Å². The van der Waals surface area contributed by atoms with Crippen molar-refractivity contribution in [3.63, 3.8) is 0 Å². The van der Waals surface area contributed by atoms with Gasteiger partial charge in [-0.05, 0) is 13.0 Å². The molecule has 0 bridgehead atoms. The van der Waals surface area contributed by atoms with Gasteiger partial charge in [0.1, 0.15) is 0 Å². The molecule has 1 unspecified atom stereocenters. The van der Waals surface area contributed by atoms with E-state index in [0.29, 0.717) is 0 Å². The summed E-state index contributed by atoms with van der Waals surface area (Å²) in [5, 5.41) is 8.40. The first kappa shape index (κ1) is 5.58. The van der Waals surface area contributed by atoms with Crippen LogP contribution in [-0.2, 0) is 0 Å². The van der Waals surface area contributed by atoms with Gasteiger partial charge in [0.25, 0.3) is 0 Å². The summed E-state index contributed by atoms with van der Waals surface area (Å²) >= 11 is 0. The Morgan fingerprint density at radius 3 is 2.75 bits per heavy atom. The molecule has 1 rings (SSSR count). The van der Waals surface area contributed by atoms with Crippen LogP contribution in [-0.4, -0.2) is 24.0 Å². The van der Waals surface area contributed by atoms with Crippen molar-refractivity contribution in [2.24, 2.45) is 0 Å². The Balaban J connectivity index is 2.29. The first-order valence-electron chi connectivity index (χ1n) is 3.02. The van der Waals surface area contributed by atoms with Crippen LogP contribution in [0.15, 0.2) is 0 Å². The van der Waals surface area contributed by atoms with Crippen molar-refractivity contribution in [2.75, 3.05) is 13.1 Å². The molecule has 0 aromatic heterocycles. The smallest absolute Gasteiger partial charge is 0.0990 e. The molecule has 1 atom stereocenters. The first-order chi connectivity index (χ1) is 3.88. The lowest BCUT2D eigenvalue weighted by Crippen LogP contribution is -2.46. The predicted molar refractivity (Wildman–Crippen MR) is 31.3 cm³/mol. The van der Waals surface area contributed by atoms with Gasteiger partial charge in [-0.25, -0.2) is 0 Å². The zero-order valence-corrected chi connectivity index (χ0v) is 5.09. The third kappa shape index (κ3) is 0.696. The Bertz CT molecular complexity index is 112. The van der Waals surface area contributed by atoms with Crippen LogP contribution in [0.2, 0.25) is 0 Å². The fourth-order valence-corrected chi connectivity index (χ4v) is 0.965. The van der Waals surface area contributed by atoms with Gasteiger partial charge in [0.05, 0.1) is 12.1 Å². The van der Waals surface area contributed by atoms with Gasteiger partial charge in [-0.2, -0.15) is 5.26 Å². The number of nitriles is 1. The molecule has 0 N–H and O–H groups in total. The summed E-state index contributed by atoms with van der Waals surface area (Å²) in [5.41, 5.74) is 0. The number of rotatable bonds is 1. The van der Waals surface area contributed by atoms with Gasteiger partial charge >= 0.3 is 0 Å². The quantitative estimate of drug-likeness (QED) is 0.494. The zero-order valence-electron chi connectivity index (χ0n) is 5.09.